The second kappa shape index (κ2) is 13.7. The van der Waals surface area contributed by atoms with Crippen LogP contribution in [-0.4, -0.2) is 44.0 Å². The first-order valence-electron chi connectivity index (χ1n) is 12.7. The molecule has 3 rings (SSSR count). The van der Waals surface area contributed by atoms with Crippen molar-refractivity contribution < 1.29 is 19.4 Å². The third kappa shape index (κ3) is 7.25. The topological polar surface area (TPSA) is 58.9 Å². The average Bonchev–Trinajstić information content (AvgIpc) is 2.89. The summed E-state index contributed by atoms with van der Waals surface area (Å²) in [7, 11) is -2.83. The summed E-state index contributed by atoms with van der Waals surface area (Å²) >= 11 is 0. The molecule has 0 aliphatic heterocycles. The van der Waals surface area contributed by atoms with Crippen molar-refractivity contribution in [1.82, 2.24) is 0 Å². The quantitative estimate of drug-likeness (QED) is 0.199. The zero-order valence-corrected chi connectivity index (χ0v) is 22.7. The Morgan fingerprint density at radius 2 is 1.33 bits per heavy atom. The molecule has 0 amide bonds. The Kier molecular flexibility index (Phi) is 10.7. The summed E-state index contributed by atoms with van der Waals surface area (Å²) < 4.78 is 13.1. The van der Waals surface area contributed by atoms with E-state index in [1.54, 1.807) is 6.08 Å². The van der Waals surface area contributed by atoms with E-state index in [-0.39, 0.29) is 11.6 Å². The molecule has 36 heavy (non-hydrogen) atoms. The van der Waals surface area contributed by atoms with Gasteiger partial charge in [0.1, 0.15) is 0 Å². The van der Waals surface area contributed by atoms with Crippen LogP contribution in [0.5, 0.6) is 0 Å². The van der Waals surface area contributed by atoms with Crippen LogP contribution in [0.3, 0.4) is 0 Å². The minimum absolute atomic E-state index is 0.0395. The van der Waals surface area contributed by atoms with E-state index in [9.17, 15) is 10.2 Å². The number of aliphatic hydroxyl groups is 2. The van der Waals surface area contributed by atoms with Crippen molar-refractivity contribution >= 4 is 18.7 Å². The predicted octanol–water partition coefficient (Wildman–Crippen LogP) is 4.84. The molecule has 0 unspecified atom stereocenters. The van der Waals surface area contributed by atoms with E-state index < -0.39 is 20.5 Å². The largest absolute Gasteiger partial charge is 0.402 e. The van der Waals surface area contributed by atoms with Gasteiger partial charge in [-0.15, -0.1) is 0 Å². The van der Waals surface area contributed by atoms with Crippen molar-refractivity contribution in [1.29, 1.82) is 0 Å². The van der Waals surface area contributed by atoms with Crippen molar-refractivity contribution in [3.05, 3.63) is 109 Å². The minimum Gasteiger partial charge on any atom is -0.402 e. The third-order valence-electron chi connectivity index (χ3n) is 6.48. The fourth-order valence-electron chi connectivity index (χ4n) is 4.66. The van der Waals surface area contributed by atoms with Crippen LogP contribution < -0.4 is 10.4 Å². The Morgan fingerprint density at radius 3 is 1.83 bits per heavy atom. The molecule has 0 heterocycles. The maximum absolute atomic E-state index is 11.3. The number of rotatable bonds is 13. The van der Waals surface area contributed by atoms with Crippen LogP contribution in [0.4, 0.5) is 0 Å². The van der Waals surface area contributed by atoms with Gasteiger partial charge < -0.3 is 19.4 Å². The molecule has 5 heteroatoms. The summed E-state index contributed by atoms with van der Waals surface area (Å²) in [6.07, 6.45) is 3.41. The molecule has 2 atom stereocenters. The molecule has 4 nitrogen and oxygen atoms in total. The SMILES string of the molecule is CC(C)(C)[Si](O[C@H](C/C=C/CO)[C@H](O)CCOCc1ccccc1)(c1ccccc1)c1ccccc1. The number of hydrogen-bond donors (Lipinski definition) is 2. The molecule has 3 aromatic carbocycles. The lowest BCUT2D eigenvalue weighted by molar-refractivity contribution is 0.00269. The van der Waals surface area contributed by atoms with Crippen LogP contribution in [0.15, 0.2) is 103 Å². The van der Waals surface area contributed by atoms with E-state index in [2.05, 4.69) is 69.3 Å². The number of aliphatic hydroxyl groups excluding tert-OH is 2. The van der Waals surface area contributed by atoms with Crippen molar-refractivity contribution in [2.24, 2.45) is 0 Å². The van der Waals surface area contributed by atoms with E-state index in [1.807, 2.05) is 48.5 Å². The Morgan fingerprint density at radius 1 is 0.806 bits per heavy atom. The number of benzene rings is 3. The lowest BCUT2D eigenvalue weighted by Crippen LogP contribution is -2.68. The maximum Gasteiger partial charge on any atom is 0.261 e. The van der Waals surface area contributed by atoms with Gasteiger partial charge >= 0.3 is 0 Å². The number of ether oxygens (including phenoxy) is 1. The number of hydrogen-bond acceptors (Lipinski definition) is 4. The molecule has 2 N–H and O–H groups in total. The Hall–Kier alpha value is -2.54. The van der Waals surface area contributed by atoms with E-state index in [4.69, 9.17) is 9.16 Å². The molecular formula is C31H40O4Si. The summed E-state index contributed by atoms with van der Waals surface area (Å²) in [6, 6.07) is 30.9. The standard InChI is InChI=1S/C31H40O4Si/c1-31(2,3)36(27-17-9-5-10-18-27,28-19-11-6-12-20-28)35-30(21-13-14-23-32)29(33)22-24-34-25-26-15-7-4-8-16-26/h4-20,29-30,32-33H,21-25H2,1-3H3/b14-13+/t29-,30-/m1/s1. The van der Waals surface area contributed by atoms with Crippen LogP contribution in [0.1, 0.15) is 39.2 Å². The molecule has 0 saturated heterocycles. The molecule has 0 aromatic heterocycles. The highest BCUT2D eigenvalue weighted by atomic mass is 28.4. The fraction of sp³-hybridized carbons (Fsp3) is 0.355. The van der Waals surface area contributed by atoms with Crippen molar-refractivity contribution in [3.8, 4) is 0 Å². The Bertz CT molecular complexity index is 993. The van der Waals surface area contributed by atoms with Crippen LogP contribution in [0.25, 0.3) is 0 Å². The first-order chi connectivity index (χ1) is 17.4. The monoisotopic (exact) mass is 504 g/mol. The summed E-state index contributed by atoms with van der Waals surface area (Å²) in [5, 5.41) is 22.8. The molecule has 0 aliphatic carbocycles. The van der Waals surface area contributed by atoms with Gasteiger partial charge in [0.05, 0.1) is 25.4 Å². The highest BCUT2D eigenvalue weighted by molar-refractivity contribution is 6.99. The molecule has 192 valence electrons. The minimum atomic E-state index is -2.83. The first-order valence-corrected chi connectivity index (χ1v) is 14.6. The van der Waals surface area contributed by atoms with Crippen LogP contribution in [0, 0.1) is 0 Å². The van der Waals surface area contributed by atoms with Crippen LogP contribution >= 0.6 is 0 Å². The Labute approximate surface area is 217 Å². The lowest BCUT2D eigenvalue weighted by Gasteiger charge is -2.46. The molecule has 0 saturated carbocycles. The molecule has 0 bridgehead atoms. The third-order valence-corrected chi connectivity index (χ3v) is 11.5. The smallest absolute Gasteiger partial charge is 0.261 e. The normalized spacial score (nSPS) is 14.1. The summed E-state index contributed by atoms with van der Waals surface area (Å²) in [5.41, 5.74) is 1.11. The Balaban J connectivity index is 1.89. The predicted molar refractivity (Wildman–Crippen MR) is 150 cm³/mol. The van der Waals surface area contributed by atoms with Crippen LogP contribution in [0.2, 0.25) is 5.04 Å². The summed E-state index contributed by atoms with van der Waals surface area (Å²) in [6.45, 7) is 7.60. The van der Waals surface area contributed by atoms with Crippen molar-refractivity contribution in [2.45, 2.75) is 57.5 Å². The highest BCUT2D eigenvalue weighted by Crippen LogP contribution is 2.38. The highest BCUT2D eigenvalue weighted by Gasteiger charge is 2.51. The van der Waals surface area contributed by atoms with Gasteiger partial charge in [-0.25, -0.2) is 0 Å². The zero-order chi connectivity index (χ0) is 25.9. The molecular weight excluding hydrogens is 464 g/mol. The van der Waals surface area contributed by atoms with Gasteiger partial charge in [-0.3, -0.25) is 0 Å². The molecule has 0 fully saturated rings. The van der Waals surface area contributed by atoms with E-state index in [0.29, 0.717) is 26.1 Å². The molecule has 0 aliphatic rings. The van der Waals surface area contributed by atoms with Gasteiger partial charge in [-0.1, -0.05) is 124 Å². The second-order valence-electron chi connectivity index (χ2n) is 10.1. The van der Waals surface area contributed by atoms with Gasteiger partial charge in [0.15, 0.2) is 0 Å². The molecule has 0 radical (unpaired) electrons. The lowest BCUT2D eigenvalue weighted by atomic mass is 10.1. The van der Waals surface area contributed by atoms with Gasteiger partial charge in [0, 0.05) is 6.61 Å². The van der Waals surface area contributed by atoms with Crippen molar-refractivity contribution in [2.75, 3.05) is 13.2 Å². The molecule has 0 spiro atoms. The fourth-order valence-corrected chi connectivity index (χ4v) is 9.38. The van der Waals surface area contributed by atoms with E-state index in [1.165, 1.54) is 10.4 Å². The zero-order valence-electron chi connectivity index (χ0n) is 21.7. The van der Waals surface area contributed by atoms with Crippen molar-refractivity contribution in [3.63, 3.8) is 0 Å². The van der Waals surface area contributed by atoms with Gasteiger partial charge in [0.25, 0.3) is 8.32 Å². The summed E-state index contributed by atoms with van der Waals surface area (Å²) in [5.74, 6) is 0. The van der Waals surface area contributed by atoms with Gasteiger partial charge in [0.2, 0.25) is 0 Å². The first kappa shape index (κ1) is 28.0. The van der Waals surface area contributed by atoms with Gasteiger partial charge in [-0.2, -0.15) is 0 Å². The average molecular weight is 505 g/mol. The van der Waals surface area contributed by atoms with Crippen LogP contribution in [-0.2, 0) is 15.8 Å². The second-order valence-corrected chi connectivity index (χ2v) is 14.4. The summed E-state index contributed by atoms with van der Waals surface area (Å²) in [4.78, 5) is 0. The molecule has 3 aromatic rings. The van der Waals surface area contributed by atoms with E-state index >= 15 is 0 Å². The van der Waals surface area contributed by atoms with Gasteiger partial charge in [-0.05, 0) is 33.8 Å². The maximum atomic E-state index is 11.3. The van der Waals surface area contributed by atoms with E-state index in [0.717, 1.165) is 5.56 Å².